The van der Waals surface area contributed by atoms with Gasteiger partial charge in [0.2, 0.25) is 5.88 Å². The number of aromatic nitrogens is 4. The zero-order chi connectivity index (χ0) is 16.4. The first-order valence-corrected chi connectivity index (χ1v) is 7.64. The van der Waals surface area contributed by atoms with Crippen LogP contribution in [0.25, 0.3) is 11.0 Å². The van der Waals surface area contributed by atoms with Crippen LogP contribution in [0.4, 0.5) is 10.5 Å². The van der Waals surface area contributed by atoms with E-state index in [0.717, 1.165) is 15.9 Å². The van der Waals surface area contributed by atoms with Crippen molar-refractivity contribution in [2.75, 3.05) is 19.5 Å². The first-order valence-electron chi connectivity index (χ1n) is 6.87. The second kappa shape index (κ2) is 6.21. The third-order valence-corrected chi connectivity index (χ3v) is 4.12. The number of hydrogen-bond donors (Lipinski definition) is 1. The number of nitrogens with zero attached hydrogens (tertiary/aromatic N) is 5. The minimum Gasteiger partial charge on any atom is -0.480 e. The predicted octanol–water partition coefficient (Wildman–Crippen LogP) is 2.10. The molecule has 0 aliphatic heterocycles. The molecule has 0 saturated heterocycles. The molecule has 3 aromatic rings. The summed E-state index contributed by atoms with van der Waals surface area (Å²) in [5.41, 5.74) is 1.40. The summed E-state index contributed by atoms with van der Waals surface area (Å²) in [4.78, 5) is 19.1. The van der Waals surface area contributed by atoms with Crippen LogP contribution in [0.2, 0.25) is 0 Å². The van der Waals surface area contributed by atoms with Gasteiger partial charge in [-0.25, -0.2) is 9.78 Å². The van der Waals surface area contributed by atoms with Gasteiger partial charge in [0.1, 0.15) is 0 Å². The predicted molar refractivity (Wildman–Crippen MR) is 87.7 cm³/mol. The fourth-order valence-corrected chi connectivity index (χ4v) is 2.88. The number of amides is 2. The average molecular weight is 332 g/mol. The van der Waals surface area contributed by atoms with Gasteiger partial charge in [-0.2, -0.15) is 9.47 Å². The molecule has 3 aromatic heterocycles. The molecule has 0 bridgehead atoms. The molecular formula is C14H16N6O2S. The number of anilines is 1. The molecule has 3 heterocycles. The van der Waals surface area contributed by atoms with E-state index >= 15 is 0 Å². The Kier molecular flexibility index (Phi) is 4.11. The quantitative estimate of drug-likeness (QED) is 0.791. The third kappa shape index (κ3) is 3.09. The number of ether oxygens (including phenoxy) is 1. The number of hydrogen-bond acceptors (Lipinski definition) is 6. The van der Waals surface area contributed by atoms with Crippen LogP contribution in [-0.2, 0) is 13.6 Å². The van der Waals surface area contributed by atoms with Crippen LogP contribution in [0.15, 0.2) is 24.5 Å². The zero-order valence-corrected chi connectivity index (χ0v) is 13.8. The zero-order valence-electron chi connectivity index (χ0n) is 13.0. The number of fused-ring (bicyclic) bond motifs is 1. The van der Waals surface area contributed by atoms with Crippen LogP contribution >= 0.6 is 11.5 Å². The van der Waals surface area contributed by atoms with E-state index in [4.69, 9.17) is 4.74 Å². The van der Waals surface area contributed by atoms with Gasteiger partial charge in [-0.15, -0.1) is 0 Å². The molecule has 120 valence electrons. The highest BCUT2D eigenvalue weighted by Gasteiger charge is 2.14. The number of urea groups is 1. The highest BCUT2D eigenvalue weighted by atomic mass is 32.1. The lowest BCUT2D eigenvalue weighted by Gasteiger charge is -2.17. The van der Waals surface area contributed by atoms with E-state index < -0.39 is 0 Å². The topological polar surface area (TPSA) is 85.2 Å². The summed E-state index contributed by atoms with van der Waals surface area (Å²) in [5, 5.41) is 7.84. The van der Waals surface area contributed by atoms with Gasteiger partial charge >= 0.3 is 6.03 Å². The van der Waals surface area contributed by atoms with Crippen LogP contribution in [0.5, 0.6) is 5.88 Å². The summed E-state index contributed by atoms with van der Waals surface area (Å²) >= 11 is 1.31. The van der Waals surface area contributed by atoms with E-state index in [-0.39, 0.29) is 6.03 Å². The van der Waals surface area contributed by atoms with E-state index in [1.165, 1.54) is 11.5 Å². The van der Waals surface area contributed by atoms with Gasteiger partial charge < -0.3 is 15.0 Å². The van der Waals surface area contributed by atoms with Gasteiger partial charge in [-0.05, 0) is 17.6 Å². The molecule has 23 heavy (non-hydrogen) atoms. The van der Waals surface area contributed by atoms with Gasteiger partial charge in [0.05, 0.1) is 30.9 Å². The summed E-state index contributed by atoms with van der Waals surface area (Å²) in [6.45, 7) is 0.453. The standard InChI is InChI=1S/C14H16N6O2S/c1-19(8-9-6-12(22-3)18-23-9)14(21)17-11-4-5-15-13-10(11)7-16-20(13)2/h4-7H,8H2,1-3H3,(H,15,17,21). The molecule has 0 radical (unpaired) electrons. The summed E-state index contributed by atoms with van der Waals surface area (Å²) in [6, 6.07) is 3.36. The molecule has 0 aliphatic rings. The van der Waals surface area contributed by atoms with Crippen molar-refractivity contribution in [3.8, 4) is 5.88 Å². The van der Waals surface area contributed by atoms with Gasteiger partial charge in [-0.1, -0.05) is 0 Å². The molecule has 0 atom stereocenters. The summed E-state index contributed by atoms with van der Waals surface area (Å²) < 4.78 is 10.8. The monoisotopic (exact) mass is 332 g/mol. The van der Waals surface area contributed by atoms with E-state index in [2.05, 4.69) is 19.8 Å². The molecule has 1 N–H and O–H groups in total. The molecule has 0 saturated carbocycles. The van der Waals surface area contributed by atoms with Crippen molar-refractivity contribution in [3.63, 3.8) is 0 Å². The molecule has 0 aromatic carbocycles. The smallest absolute Gasteiger partial charge is 0.321 e. The van der Waals surface area contributed by atoms with Gasteiger partial charge in [0.25, 0.3) is 0 Å². The Hall–Kier alpha value is -2.68. The number of carbonyl (C=O) groups excluding carboxylic acids is 1. The second-order valence-electron chi connectivity index (χ2n) is 4.99. The van der Waals surface area contributed by atoms with Crippen molar-refractivity contribution in [1.82, 2.24) is 24.0 Å². The Morgan fingerprint density at radius 2 is 2.35 bits per heavy atom. The number of methoxy groups -OCH3 is 1. The maximum Gasteiger partial charge on any atom is 0.321 e. The highest BCUT2D eigenvalue weighted by Crippen LogP contribution is 2.21. The normalized spacial score (nSPS) is 10.7. The van der Waals surface area contributed by atoms with Crippen molar-refractivity contribution in [3.05, 3.63) is 29.4 Å². The molecule has 0 spiro atoms. The van der Waals surface area contributed by atoms with Crippen molar-refractivity contribution < 1.29 is 9.53 Å². The lowest BCUT2D eigenvalue weighted by atomic mass is 10.3. The third-order valence-electron chi connectivity index (χ3n) is 3.36. The van der Waals surface area contributed by atoms with Crippen LogP contribution in [0.3, 0.4) is 0 Å². The lowest BCUT2D eigenvalue weighted by Crippen LogP contribution is -2.30. The first-order chi connectivity index (χ1) is 11.1. The molecule has 0 unspecified atom stereocenters. The number of rotatable bonds is 4. The Balaban J connectivity index is 1.72. The SMILES string of the molecule is COc1cc(CN(C)C(=O)Nc2ccnc3c2cnn3C)sn1. The Labute approximate surface area is 136 Å². The van der Waals surface area contributed by atoms with Crippen molar-refractivity contribution in [2.24, 2.45) is 7.05 Å². The molecule has 0 aliphatic carbocycles. The van der Waals surface area contributed by atoms with Crippen molar-refractivity contribution in [1.29, 1.82) is 0 Å². The van der Waals surface area contributed by atoms with Crippen LogP contribution in [-0.4, -0.2) is 44.2 Å². The summed E-state index contributed by atoms with van der Waals surface area (Å²) in [6.07, 6.45) is 3.33. The van der Waals surface area contributed by atoms with Crippen LogP contribution in [0, 0.1) is 0 Å². The maximum atomic E-state index is 12.4. The van der Waals surface area contributed by atoms with E-state index in [1.54, 1.807) is 42.2 Å². The Morgan fingerprint density at radius 3 is 3.09 bits per heavy atom. The molecule has 0 fully saturated rings. The fourth-order valence-electron chi connectivity index (χ4n) is 2.14. The fraction of sp³-hybridized carbons (Fsp3) is 0.286. The van der Waals surface area contributed by atoms with Gasteiger partial charge in [-0.3, -0.25) is 4.68 Å². The Bertz CT molecular complexity index is 843. The minimum absolute atomic E-state index is 0.214. The summed E-state index contributed by atoms with van der Waals surface area (Å²) in [7, 11) is 5.10. The van der Waals surface area contributed by atoms with Crippen molar-refractivity contribution in [2.45, 2.75) is 6.54 Å². The Morgan fingerprint density at radius 1 is 1.52 bits per heavy atom. The summed E-state index contributed by atoms with van der Waals surface area (Å²) in [5.74, 6) is 0.560. The van der Waals surface area contributed by atoms with E-state index in [9.17, 15) is 4.79 Å². The molecular weight excluding hydrogens is 316 g/mol. The molecule has 8 nitrogen and oxygen atoms in total. The average Bonchev–Trinajstić information content (AvgIpc) is 3.15. The number of pyridine rings is 1. The lowest BCUT2D eigenvalue weighted by molar-refractivity contribution is 0.221. The first kappa shape index (κ1) is 15.2. The minimum atomic E-state index is -0.214. The maximum absolute atomic E-state index is 12.4. The van der Waals surface area contributed by atoms with Crippen LogP contribution in [0.1, 0.15) is 4.88 Å². The van der Waals surface area contributed by atoms with Gasteiger partial charge in [0, 0.05) is 31.2 Å². The molecule has 9 heteroatoms. The number of aryl methyl sites for hydroxylation is 1. The van der Waals surface area contributed by atoms with Gasteiger partial charge in [0.15, 0.2) is 5.65 Å². The van der Waals surface area contributed by atoms with Crippen LogP contribution < -0.4 is 10.1 Å². The second-order valence-corrected chi connectivity index (χ2v) is 5.88. The van der Waals surface area contributed by atoms with E-state index in [1.807, 2.05) is 13.1 Å². The number of carbonyl (C=O) groups is 1. The van der Waals surface area contributed by atoms with E-state index in [0.29, 0.717) is 18.1 Å². The molecule has 3 rings (SSSR count). The number of nitrogens with one attached hydrogen (secondary N) is 1. The molecule has 2 amide bonds. The van der Waals surface area contributed by atoms with Crippen molar-refractivity contribution >= 4 is 34.3 Å². The largest absolute Gasteiger partial charge is 0.480 e. The highest BCUT2D eigenvalue weighted by molar-refractivity contribution is 7.05.